The van der Waals surface area contributed by atoms with E-state index in [9.17, 15) is 18.4 Å². The van der Waals surface area contributed by atoms with E-state index in [2.05, 4.69) is 15.6 Å². The Bertz CT molecular complexity index is 887. The highest BCUT2D eigenvalue weighted by atomic mass is 19.1. The van der Waals surface area contributed by atoms with Gasteiger partial charge in [-0.05, 0) is 24.1 Å². The summed E-state index contributed by atoms with van der Waals surface area (Å²) in [6.07, 6.45) is 7.22. The zero-order valence-electron chi connectivity index (χ0n) is 15.5. The van der Waals surface area contributed by atoms with Crippen molar-refractivity contribution in [3.8, 4) is 0 Å². The molecule has 0 saturated heterocycles. The van der Waals surface area contributed by atoms with Crippen LogP contribution in [0, 0.1) is 11.6 Å². The highest BCUT2D eigenvalue weighted by Crippen LogP contribution is 2.16. The van der Waals surface area contributed by atoms with Gasteiger partial charge >= 0.3 is 0 Å². The van der Waals surface area contributed by atoms with Crippen molar-refractivity contribution in [3.05, 3.63) is 59.6 Å². The summed E-state index contributed by atoms with van der Waals surface area (Å²) in [5, 5.41) is 5.47. The van der Waals surface area contributed by atoms with E-state index in [-0.39, 0.29) is 17.9 Å². The van der Waals surface area contributed by atoms with Crippen LogP contribution in [-0.4, -0.2) is 27.4 Å². The number of allylic oxidation sites excluding steroid dienone is 2. The Labute approximate surface area is 161 Å². The fraction of sp³-hybridized carbons (Fsp3) is 0.350. The molecule has 6 nitrogen and oxygen atoms in total. The molecule has 1 atom stereocenters. The van der Waals surface area contributed by atoms with Crippen LogP contribution < -0.4 is 10.6 Å². The predicted molar refractivity (Wildman–Crippen MR) is 101 cm³/mol. The molecule has 2 heterocycles. The number of rotatable bonds is 7. The summed E-state index contributed by atoms with van der Waals surface area (Å²) < 4.78 is 28.5. The molecule has 0 spiro atoms. The van der Waals surface area contributed by atoms with Crippen molar-refractivity contribution in [2.45, 2.75) is 45.2 Å². The van der Waals surface area contributed by atoms with E-state index in [1.165, 1.54) is 0 Å². The number of hydrogen-bond donors (Lipinski definition) is 2. The smallest absolute Gasteiger partial charge is 0.248 e. The average Bonchev–Trinajstić information content (AvgIpc) is 3.03. The molecule has 28 heavy (non-hydrogen) atoms. The highest BCUT2D eigenvalue weighted by molar-refractivity contribution is 5.96. The number of benzene rings is 1. The lowest BCUT2D eigenvalue weighted by Crippen LogP contribution is -2.44. The SMILES string of the molecule is CCCC(NC(=O)Cc1cc(F)cc(F)c1)C(=O)Nc1cnc2n1CC=CC2. The number of aromatic nitrogens is 2. The second-order valence-corrected chi connectivity index (χ2v) is 6.70. The van der Waals surface area contributed by atoms with Crippen molar-refractivity contribution in [3.63, 3.8) is 0 Å². The molecular formula is C20H22F2N4O2. The Hall–Kier alpha value is -3.03. The fourth-order valence-corrected chi connectivity index (χ4v) is 3.16. The lowest BCUT2D eigenvalue weighted by Gasteiger charge is -2.19. The van der Waals surface area contributed by atoms with Crippen LogP contribution in [0.5, 0.6) is 0 Å². The van der Waals surface area contributed by atoms with Gasteiger partial charge in [0.05, 0.1) is 12.6 Å². The number of hydrogen-bond acceptors (Lipinski definition) is 3. The van der Waals surface area contributed by atoms with Crippen LogP contribution in [-0.2, 0) is 29.0 Å². The number of halogens is 2. The van der Waals surface area contributed by atoms with Gasteiger partial charge in [0, 0.05) is 19.0 Å². The van der Waals surface area contributed by atoms with E-state index in [4.69, 9.17) is 0 Å². The minimum atomic E-state index is -0.749. The van der Waals surface area contributed by atoms with Crippen molar-refractivity contribution < 1.29 is 18.4 Å². The normalized spacial score (nSPS) is 13.7. The van der Waals surface area contributed by atoms with Gasteiger partial charge < -0.3 is 15.2 Å². The number of anilines is 1. The maximum absolute atomic E-state index is 13.3. The summed E-state index contributed by atoms with van der Waals surface area (Å²) in [4.78, 5) is 29.3. The van der Waals surface area contributed by atoms with E-state index in [1.807, 2.05) is 23.6 Å². The van der Waals surface area contributed by atoms with Gasteiger partial charge in [0.25, 0.3) is 0 Å². The number of fused-ring (bicyclic) bond motifs is 1. The van der Waals surface area contributed by atoms with Crippen LogP contribution in [0.2, 0.25) is 0 Å². The third kappa shape index (κ3) is 4.82. The molecule has 1 aromatic heterocycles. The quantitative estimate of drug-likeness (QED) is 0.716. The van der Waals surface area contributed by atoms with Crippen LogP contribution in [0.25, 0.3) is 0 Å². The van der Waals surface area contributed by atoms with E-state index >= 15 is 0 Å². The Morgan fingerprint density at radius 3 is 2.68 bits per heavy atom. The molecule has 0 bridgehead atoms. The molecule has 1 aliphatic rings. The largest absolute Gasteiger partial charge is 0.344 e. The first-order valence-corrected chi connectivity index (χ1v) is 9.21. The molecule has 2 N–H and O–H groups in total. The molecule has 0 saturated carbocycles. The molecule has 2 amide bonds. The number of carbonyl (C=O) groups is 2. The van der Waals surface area contributed by atoms with Crippen molar-refractivity contribution >= 4 is 17.6 Å². The zero-order chi connectivity index (χ0) is 20.1. The second-order valence-electron chi connectivity index (χ2n) is 6.70. The standard InChI is InChI=1S/C20H22F2N4O2/c1-2-5-16(24-19(27)10-13-8-14(21)11-15(22)9-13)20(28)25-18-12-23-17-6-3-4-7-26(17)18/h3-4,8-9,11-12,16H,2,5-7,10H2,1H3,(H,24,27)(H,25,28). The van der Waals surface area contributed by atoms with Gasteiger partial charge in [-0.2, -0.15) is 0 Å². The number of nitrogens with zero attached hydrogens (tertiary/aromatic N) is 2. The molecule has 1 unspecified atom stereocenters. The van der Waals surface area contributed by atoms with E-state index in [0.717, 1.165) is 24.0 Å². The Balaban J connectivity index is 1.64. The summed E-state index contributed by atoms with van der Waals surface area (Å²) in [5.74, 6) is -0.876. The average molecular weight is 388 g/mol. The lowest BCUT2D eigenvalue weighted by atomic mass is 10.1. The summed E-state index contributed by atoms with van der Waals surface area (Å²) in [7, 11) is 0. The molecule has 2 aromatic rings. The van der Waals surface area contributed by atoms with Gasteiger partial charge in [0.1, 0.15) is 29.3 Å². The number of nitrogens with one attached hydrogen (secondary N) is 2. The van der Waals surface area contributed by atoms with Crippen LogP contribution in [0.3, 0.4) is 0 Å². The van der Waals surface area contributed by atoms with Gasteiger partial charge in [0.2, 0.25) is 11.8 Å². The number of imidazole rings is 1. The minimum absolute atomic E-state index is 0.210. The van der Waals surface area contributed by atoms with Crippen LogP contribution in [0.4, 0.5) is 14.6 Å². The highest BCUT2D eigenvalue weighted by Gasteiger charge is 2.22. The minimum Gasteiger partial charge on any atom is -0.344 e. The van der Waals surface area contributed by atoms with Crippen LogP contribution >= 0.6 is 0 Å². The predicted octanol–water partition coefficient (Wildman–Crippen LogP) is 2.74. The first-order valence-electron chi connectivity index (χ1n) is 9.21. The van der Waals surface area contributed by atoms with Crippen molar-refractivity contribution in [1.29, 1.82) is 0 Å². The Morgan fingerprint density at radius 1 is 1.21 bits per heavy atom. The molecule has 0 fully saturated rings. The number of amides is 2. The van der Waals surface area contributed by atoms with Crippen LogP contribution in [0.1, 0.15) is 31.2 Å². The molecular weight excluding hydrogens is 366 g/mol. The fourth-order valence-electron chi connectivity index (χ4n) is 3.16. The molecule has 3 rings (SSSR count). The van der Waals surface area contributed by atoms with Crippen molar-refractivity contribution in [2.24, 2.45) is 0 Å². The monoisotopic (exact) mass is 388 g/mol. The number of carbonyl (C=O) groups excluding carboxylic acids is 2. The van der Waals surface area contributed by atoms with Gasteiger partial charge in [-0.15, -0.1) is 0 Å². The van der Waals surface area contributed by atoms with Gasteiger partial charge in [-0.3, -0.25) is 9.59 Å². The molecule has 1 aromatic carbocycles. The maximum atomic E-state index is 13.3. The zero-order valence-corrected chi connectivity index (χ0v) is 15.5. The molecule has 8 heteroatoms. The van der Waals surface area contributed by atoms with Gasteiger partial charge in [-0.1, -0.05) is 25.5 Å². The maximum Gasteiger partial charge on any atom is 0.248 e. The summed E-state index contributed by atoms with van der Waals surface area (Å²) in [6, 6.07) is 2.20. The Kier molecular flexibility index (Phi) is 6.18. The molecule has 148 valence electrons. The Morgan fingerprint density at radius 2 is 1.96 bits per heavy atom. The first-order chi connectivity index (χ1) is 13.5. The molecule has 0 radical (unpaired) electrons. The molecule has 0 aliphatic carbocycles. The lowest BCUT2D eigenvalue weighted by molar-refractivity contribution is -0.126. The van der Waals surface area contributed by atoms with E-state index < -0.39 is 23.6 Å². The van der Waals surface area contributed by atoms with Crippen molar-refractivity contribution in [2.75, 3.05) is 5.32 Å². The van der Waals surface area contributed by atoms with Gasteiger partial charge in [-0.25, -0.2) is 13.8 Å². The second kappa shape index (κ2) is 8.77. The topological polar surface area (TPSA) is 76.0 Å². The van der Waals surface area contributed by atoms with Crippen LogP contribution in [0.15, 0.2) is 36.5 Å². The van der Waals surface area contributed by atoms with E-state index in [0.29, 0.717) is 31.6 Å². The summed E-state index contributed by atoms with van der Waals surface area (Å²) >= 11 is 0. The third-order valence-corrected chi connectivity index (χ3v) is 4.46. The van der Waals surface area contributed by atoms with Crippen molar-refractivity contribution in [1.82, 2.24) is 14.9 Å². The van der Waals surface area contributed by atoms with E-state index in [1.54, 1.807) is 6.20 Å². The first kappa shape index (κ1) is 19.7. The summed E-state index contributed by atoms with van der Waals surface area (Å²) in [6.45, 7) is 2.53. The van der Waals surface area contributed by atoms with Gasteiger partial charge in [0.15, 0.2) is 0 Å². The molecule has 1 aliphatic heterocycles. The third-order valence-electron chi connectivity index (χ3n) is 4.46. The summed E-state index contributed by atoms with van der Waals surface area (Å²) in [5.41, 5.74) is 0.210.